The monoisotopic (exact) mass is 347 g/mol. The molecular weight excluding hydrogens is 314 g/mol. The number of carbonyl (C=O) groups excluding carboxylic acids is 1. The molecule has 0 aromatic heterocycles. The molecule has 1 amide bonds. The lowest BCUT2D eigenvalue weighted by Gasteiger charge is -2.23. The van der Waals surface area contributed by atoms with Gasteiger partial charge in [-0.25, -0.2) is 0 Å². The highest BCUT2D eigenvalue weighted by Crippen LogP contribution is 2.12. The first-order chi connectivity index (χ1) is 12.1. The van der Waals surface area contributed by atoms with Crippen molar-refractivity contribution in [3.8, 4) is 0 Å². The first-order valence-corrected chi connectivity index (χ1v) is 9.10. The minimum Gasteiger partial charge on any atom is -0.372 e. The van der Waals surface area contributed by atoms with E-state index >= 15 is 0 Å². The molecule has 0 fully saturated rings. The van der Waals surface area contributed by atoms with E-state index in [1.54, 1.807) is 7.05 Å². The summed E-state index contributed by atoms with van der Waals surface area (Å²) in [6.07, 6.45) is 1.45. The zero-order valence-electron chi connectivity index (χ0n) is 16.0. The molecule has 0 heterocycles. The molecule has 1 aromatic carbocycles. The van der Waals surface area contributed by atoms with Crippen molar-refractivity contribution >= 4 is 17.6 Å². The van der Waals surface area contributed by atoms with Crippen LogP contribution in [0.1, 0.15) is 33.6 Å². The van der Waals surface area contributed by atoms with Crippen LogP contribution >= 0.6 is 0 Å². The first-order valence-electron chi connectivity index (χ1n) is 9.10. The maximum atomic E-state index is 11.6. The smallest absolute Gasteiger partial charge is 0.221 e. The van der Waals surface area contributed by atoms with Crippen LogP contribution in [0.2, 0.25) is 0 Å². The Morgan fingerprint density at radius 1 is 1.16 bits per heavy atom. The van der Waals surface area contributed by atoms with Crippen LogP contribution in [-0.4, -0.2) is 51.1 Å². The van der Waals surface area contributed by atoms with Gasteiger partial charge in [-0.2, -0.15) is 0 Å². The summed E-state index contributed by atoms with van der Waals surface area (Å²) < 4.78 is 0. The maximum Gasteiger partial charge on any atom is 0.221 e. The van der Waals surface area contributed by atoms with Gasteiger partial charge < -0.3 is 20.9 Å². The number of amides is 1. The van der Waals surface area contributed by atoms with E-state index in [0.717, 1.165) is 32.0 Å². The quantitative estimate of drug-likeness (QED) is 0.344. The zero-order valence-corrected chi connectivity index (χ0v) is 16.0. The lowest BCUT2D eigenvalue weighted by atomic mass is 10.2. The molecule has 6 nitrogen and oxygen atoms in total. The second kappa shape index (κ2) is 12.2. The van der Waals surface area contributed by atoms with Crippen molar-refractivity contribution in [2.75, 3.05) is 38.1 Å². The summed E-state index contributed by atoms with van der Waals surface area (Å²) in [6, 6.07) is 10.6. The molecule has 140 valence electrons. The molecule has 0 radical (unpaired) electrons. The van der Waals surface area contributed by atoms with Gasteiger partial charge >= 0.3 is 0 Å². The summed E-state index contributed by atoms with van der Waals surface area (Å²) in [4.78, 5) is 18.2. The molecule has 1 aromatic rings. The molecule has 0 aliphatic carbocycles. The summed E-state index contributed by atoms with van der Waals surface area (Å²) in [6.45, 7) is 9.47. The Labute approximate surface area is 152 Å². The van der Waals surface area contributed by atoms with Crippen LogP contribution in [-0.2, 0) is 4.79 Å². The van der Waals surface area contributed by atoms with Crippen molar-refractivity contribution in [3.05, 3.63) is 30.3 Å². The molecule has 0 bridgehead atoms. The number of para-hydroxylation sites is 1. The van der Waals surface area contributed by atoms with E-state index in [1.165, 1.54) is 5.69 Å². The maximum absolute atomic E-state index is 11.6. The van der Waals surface area contributed by atoms with Crippen molar-refractivity contribution < 1.29 is 4.79 Å². The Kier molecular flexibility index (Phi) is 10.1. The van der Waals surface area contributed by atoms with Gasteiger partial charge in [0.05, 0.1) is 0 Å². The number of hydrogen-bond donors (Lipinski definition) is 3. The Morgan fingerprint density at radius 3 is 2.44 bits per heavy atom. The largest absolute Gasteiger partial charge is 0.372 e. The number of carbonyl (C=O) groups is 1. The summed E-state index contributed by atoms with van der Waals surface area (Å²) in [5.74, 6) is 0.791. The fourth-order valence-electron chi connectivity index (χ4n) is 2.49. The van der Waals surface area contributed by atoms with Crippen molar-refractivity contribution in [1.82, 2.24) is 16.0 Å². The third kappa shape index (κ3) is 8.98. The second-order valence-electron chi connectivity index (χ2n) is 6.17. The molecule has 0 spiro atoms. The Balaban J connectivity index is 2.23. The van der Waals surface area contributed by atoms with Gasteiger partial charge in [0.2, 0.25) is 5.91 Å². The predicted octanol–water partition coefficient (Wildman–Crippen LogP) is 1.98. The minimum atomic E-state index is 0.0550. The summed E-state index contributed by atoms with van der Waals surface area (Å²) >= 11 is 0. The molecular formula is C19H33N5O. The number of anilines is 1. The van der Waals surface area contributed by atoms with Crippen molar-refractivity contribution in [2.45, 2.75) is 39.7 Å². The molecule has 0 saturated heterocycles. The molecule has 25 heavy (non-hydrogen) atoms. The van der Waals surface area contributed by atoms with Crippen molar-refractivity contribution in [1.29, 1.82) is 0 Å². The Bertz CT molecular complexity index is 516. The van der Waals surface area contributed by atoms with E-state index in [1.807, 2.05) is 19.9 Å². The molecule has 0 saturated carbocycles. The molecule has 3 N–H and O–H groups in total. The highest BCUT2D eigenvalue weighted by Gasteiger charge is 2.05. The van der Waals surface area contributed by atoms with Gasteiger partial charge in [0.1, 0.15) is 0 Å². The normalized spacial score (nSPS) is 11.3. The number of benzene rings is 1. The Morgan fingerprint density at radius 2 is 1.84 bits per heavy atom. The van der Waals surface area contributed by atoms with E-state index in [0.29, 0.717) is 13.0 Å². The molecule has 6 heteroatoms. The van der Waals surface area contributed by atoms with Gasteiger partial charge in [-0.1, -0.05) is 18.2 Å². The fourth-order valence-corrected chi connectivity index (χ4v) is 2.49. The third-order valence-electron chi connectivity index (χ3n) is 3.72. The van der Waals surface area contributed by atoms with Gasteiger partial charge in [0, 0.05) is 51.4 Å². The second-order valence-corrected chi connectivity index (χ2v) is 6.17. The van der Waals surface area contributed by atoms with Crippen LogP contribution in [0.25, 0.3) is 0 Å². The number of nitrogens with one attached hydrogen (secondary N) is 3. The van der Waals surface area contributed by atoms with Crippen LogP contribution in [0.4, 0.5) is 5.69 Å². The molecule has 1 rings (SSSR count). The predicted molar refractivity (Wildman–Crippen MR) is 106 cm³/mol. The van der Waals surface area contributed by atoms with Gasteiger partial charge in [0.25, 0.3) is 0 Å². The highest BCUT2D eigenvalue weighted by molar-refractivity contribution is 5.81. The fraction of sp³-hybridized carbons (Fsp3) is 0.579. The summed E-state index contributed by atoms with van der Waals surface area (Å²) in [7, 11) is 1.74. The van der Waals surface area contributed by atoms with Gasteiger partial charge in [0.15, 0.2) is 5.96 Å². The average molecular weight is 348 g/mol. The number of hydrogen-bond acceptors (Lipinski definition) is 3. The van der Waals surface area contributed by atoms with Crippen LogP contribution in [0, 0.1) is 0 Å². The topological polar surface area (TPSA) is 68.8 Å². The molecule has 0 aliphatic heterocycles. The van der Waals surface area contributed by atoms with E-state index in [-0.39, 0.29) is 11.9 Å². The molecule has 0 atom stereocenters. The standard InChI is InChI=1S/C19H33N5O/c1-5-24(17-10-7-6-8-11-17)15-9-13-21-19(20-4)22-14-12-18(25)23-16(2)3/h6-8,10-11,16H,5,9,12-15H2,1-4H3,(H,23,25)(H2,20,21,22). The number of aliphatic imine (C=N–C) groups is 1. The van der Waals surface area contributed by atoms with E-state index in [4.69, 9.17) is 0 Å². The lowest BCUT2D eigenvalue weighted by molar-refractivity contribution is -0.121. The van der Waals surface area contributed by atoms with Gasteiger partial charge in [-0.05, 0) is 39.3 Å². The van der Waals surface area contributed by atoms with E-state index in [9.17, 15) is 4.79 Å². The zero-order chi connectivity index (χ0) is 18.5. The van der Waals surface area contributed by atoms with Crippen LogP contribution in [0.3, 0.4) is 0 Å². The van der Waals surface area contributed by atoms with Crippen LogP contribution in [0.5, 0.6) is 0 Å². The number of rotatable bonds is 10. The number of guanidine groups is 1. The van der Waals surface area contributed by atoms with Crippen molar-refractivity contribution in [3.63, 3.8) is 0 Å². The third-order valence-corrected chi connectivity index (χ3v) is 3.72. The Hall–Kier alpha value is -2.24. The molecule has 0 unspecified atom stereocenters. The number of nitrogens with zero attached hydrogens (tertiary/aromatic N) is 2. The van der Waals surface area contributed by atoms with Gasteiger partial charge in [-0.15, -0.1) is 0 Å². The van der Waals surface area contributed by atoms with E-state index < -0.39 is 0 Å². The average Bonchev–Trinajstić information content (AvgIpc) is 2.60. The lowest BCUT2D eigenvalue weighted by Crippen LogP contribution is -2.41. The van der Waals surface area contributed by atoms with Crippen LogP contribution in [0.15, 0.2) is 35.3 Å². The minimum absolute atomic E-state index is 0.0550. The highest BCUT2D eigenvalue weighted by atomic mass is 16.1. The van der Waals surface area contributed by atoms with E-state index in [2.05, 4.69) is 57.0 Å². The first kappa shape index (κ1) is 20.8. The van der Waals surface area contributed by atoms with Crippen LogP contribution < -0.4 is 20.9 Å². The SMILES string of the molecule is CCN(CCCNC(=NC)NCCC(=O)NC(C)C)c1ccccc1. The summed E-state index contributed by atoms with van der Waals surface area (Å²) in [5, 5.41) is 9.34. The van der Waals surface area contributed by atoms with Gasteiger partial charge in [-0.3, -0.25) is 9.79 Å². The summed E-state index contributed by atoms with van der Waals surface area (Å²) in [5.41, 5.74) is 1.25. The van der Waals surface area contributed by atoms with Crippen molar-refractivity contribution in [2.24, 2.45) is 4.99 Å². The molecule has 0 aliphatic rings.